The highest BCUT2D eigenvalue weighted by Gasteiger charge is 2.09. The van der Waals surface area contributed by atoms with Crippen LogP contribution in [-0.2, 0) is 0 Å². The molecule has 122 valence electrons. The molecule has 1 amide bonds. The van der Waals surface area contributed by atoms with Crippen molar-refractivity contribution in [2.75, 3.05) is 7.11 Å². The van der Waals surface area contributed by atoms with Crippen LogP contribution in [0.2, 0.25) is 0 Å². The predicted molar refractivity (Wildman–Crippen MR) is 99.4 cm³/mol. The van der Waals surface area contributed by atoms with E-state index < -0.39 is 0 Å². The molecule has 0 saturated carbocycles. The maximum Gasteiger partial charge on any atom is 0.281 e. The summed E-state index contributed by atoms with van der Waals surface area (Å²) in [7, 11) is 1.65. The maximum atomic E-state index is 12.2. The minimum Gasteiger partial charge on any atom is -0.496 e. The van der Waals surface area contributed by atoms with Crippen LogP contribution >= 0.6 is 11.3 Å². The molecule has 0 spiro atoms. The molecule has 0 unspecified atom stereocenters. The second-order valence-corrected chi connectivity index (χ2v) is 6.54. The van der Waals surface area contributed by atoms with E-state index in [0.29, 0.717) is 4.88 Å². The number of fused-ring (bicyclic) bond motifs is 1. The summed E-state index contributed by atoms with van der Waals surface area (Å²) in [5.41, 5.74) is 5.69. The van der Waals surface area contributed by atoms with Crippen molar-refractivity contribution in [3.63, 3.8) is 0 Å². The predicted octanol–water partition coefficient (Wildman–Crippen LogP) is 4.29. The van der Waals surface area contributed by atoms with Crippen LogP contribution in [0.3, 0.4) is 0 Å². The largest absolute Gasteiger partial charge is 0.496 e. The number of hydrogen-bond donors (Lipinski definition) is 1. The average Bonchev–Trinajstić information content (AvgIpc) is 3.03. The minimum atomic E-state index is -0.199. The van der Waals surface area contributed by atoms with Crippen LogP contribution in [0.4, 0.5) is 0 Å². The van der Waals surface area contributed by atoms with Gasteiger partial charge in [-0.25, -0.2) is 5.43 Å². The van der Waals surface area contributed by atoms with Crippen LogP contribution in [0.5, 0.6) is 5.75 Å². The molecule has 3 rings (SSSR count). The maximum absolute atomic E-state index is 12.2. The number of thiophene rings is 1. The first-order valence-corrected chi connectivity index (χ1v) is 8.38. The van der Waals surface area contributed by atoms with Gasteiger partial charge in [-0.15, -0.1) is 11.3 Å². The van der Waals surface area contributed by atoms with E-state index in [4.69, 9.17) is 4.74 Å². The Bertz CT molecular complexity index is 895. The summed E-state index contributed by atoms with van der Waals surface area (Å²) in [4.78, 5) is 12.9. The minimum absolute atomic E-state index is 0.199. The first kappa shape index (κ1) is 16.2. The van der Waals surface area contributed by atoms with Crippen molar-refractivity contribution in [1.29, 1.82) is 0 Å². The Labute approximate surface area is 144 Å². The van der Waals surface area contributed by atoms with Gasteiger partial charge in [0.15, 0.2) is 0 Å². The molecule has 1 heterocycles. The SMILES string of the molecule is COc1ccc(C=NNC(=O)c2cc3ccccc3s2)c(C)c1C. The lowest BCUT2D eigenvalue weighted by Gasteiger charge is -2.09. The Hall–Kier alpha value is -2.66. The van der Waals surface area contributed by atoms with Crippen molar-refractivity contribution in [2.45, 2.75) is 13.8 Å². The molecular weight excluding hydrogens is 320 g/mol. The van der Waals surface area contributed by atoms with Gasteiger partial charge < -0.3 is 4.74 Å². The summed E-state index contributed by atoms with van der Waals surface area (Å²) in [6.45, 7) is 4.01. The van der Waals surface area contributed by atoms with Gasteiger partial charge in [0, 0.05) is 4.70 Å². The van der Waals surface area contributed by atoms with Gasteiger partial charge >= 0.3 is 0 Å². The first-order chi connectivity index (χ1) is 11.6. The monoisotopic (exact) mass is 338 g/mol. The molecule has 1 aromatic heterocycles. The third kappa shape index (κ3) is 3.16. The van der Waals surface area contributed by atoms with E-state index in [1.165, 1.54) is 11.3 Å². The van der Waals surface area contributed by atoms with Crippen LogP contribution in [0.1, 0.15) is 26.4 Å². The Kier molecular flexibility index (Phi) is 4.62. The van der Waals surface area contributed by atoms with Crippen LogP contribution in [0.25, 0.3) is 10.1 Å². The molecule has 0 atom stereocenters. The smallest absolute Gasteiger partial charge is 0.281 e. The van der Waals surface area contributed by atoms with Gasteiger partial charge in [-0.1, -0.05) is 18.2 Å². The number of rotatable bonds is 4. The summed E-state index contributed by atoms with van der Waals surface area (Å²) in [5.74, 6) is 0.647. The number of hydrogen-bond acceptors (Lipinski definition) is 4. The lowest BCUT2D eigenvalue weighted by Crippen LogP contribution is -2.16. The molecule has 0 aliphatic heterocycles. The van der Waals surface area contributed by atoms with E-state index in [9.17, 15) is 4.79 Å². The Morgan fingerprint density at radius 3 is 2.71 bits per heavy atom. The quantitative estimate of drug-likeness (QED) is 0.570. The zero-order chi connectivity index (χ0) is 17.1. The summed E-state index contributed by atoms with van der Waals surface area (Å²) in [5, 5.41) is 5.15. The summed E-state index contributed by atoms with van der Waals surface area (Å²) in [6, 6.07) is 13.6. The lowest BCUT2D eigenvalue weighted by molar-refractivity contribution is 0.0959. The van der Waals surface area contributed by atoms with Crippen LogP contribution < -0.4 is 10.2 Å². The van der Waals surface area contributed by atoms with Crippen molar-refractivity contribution in [3.8, 4) is 5.75 Å². The van der Waals surface area contributed by atoms with E-state index in [1.807, 2.05) is 56.3 Å². The van der Waals surface area contributed by atoms with Crippen molar-refractivity contribution in [1.82, 2.24) is 5.43 Å². The van der Waals surface area contributed by atoms with Gasteiger partial charge in [0.05, 0.1) is 18.2 Å². The number of nitrogens with one attached hydrogen (secondary N) is 1. The number of ether oxygens (including phenoxy) is 1. The van der Waals surface area contributed by atoms with Gasteiger partial charge in [0.1, 0.15) is 5.75 Å². The third-order valence-corrected chi connectivity index (χ3v) is 5.13. The fourth-order valence-electron chi connectivity index (χ4n) is 2.49. The highest BCUT2D eigenvalue weighted by atomic mass is 32.1. The van der Waals surface area contributed by atoms with Crippen molar-refractivity contribution in [2.24, 2.45) is 5.10 Å². The van der Waals surface area contributed by atoms with Gasteiger partial charge in [-0.05, 0) is 60.2 Å². The highest BCUT2D eigenvalue weighted by Crippen LogP contribution is 2.25. The molecule has 0 fully saturated rings. The normalized spacial score (nSPS) is 11.1. The summed E-state index contributed by atoms with van der Waals surface area (Å²) < 4.78 is 6.39. The molecular formula is C19H18N2O2S. The van der Waals surface area contributed by atoms with Crippen LogP contribution in [0, 0.1) is 13.8 Å². The molecule has 2 aromatic carbocycles. The number of carbonyl (C=O) groups excluding carboxylic acids is 1. The van der Waals surface area contributed by atoms with Crippen molar-refractivity contribution >= 4 is 33.5 Å². The second kappa shape index (κ2) is 6.84. The second-order valence-electron chi connectivity index (χ2n) is 5.45. The molecule has 1 N–H and O–H groups in total. The number of benzene rings is 2. The van der Waals surface area contributed by atoms with Crippen molar-refractivity contribution < 1.29 is 9.53 Å². The lowest BCUT2D eigenvalue weighted by atomic mass is 10.0. The zero-order valence-corrected chi connectivity index (χ0v) is 14.6. The van der Waals surface area contributed by atoms with E-state index in [1.54, 1.807) is 13.3 Å². The standard InChI is InChI=1S/C19H18N2O2S/c1-12-13(2)16(23-3)9-8-15(12)11-20-21-19(22)18-10-14-6-4-5-7-17(14)24-18/h4-11H,1-3H3,(H,21,22). The molecule has 5 heteroatoms. The molecule has 24 heavy (non-hydrogen) atoms. The fourth-order valence-corrected chi connectivity index (χ4v) is 3.44. The number of carbonyl (C=O) groups is 1. The van der Waals surface area contributed by atoms with Gasteiger partial charge in [-0.3, -0.25) is 4.79 Å². The van der Waals surface area contributed by atoms with Gasteiger partial charge in [0.25, 0.3) is 5.91 Å². The number of amides is 1. The van der Waals surface area contributed by atoms with E-state index in [2.05, 4.69) is 10.5 Å². The zero-order valence-electron chi connectivity index (χ0n) is 13.8. The summed E-state index contributed by atoms with van der Waals surface area (Å²) in [6.07, 6.45) is 1.66. The molecule has 0 aliphatic carbocycles. The van der Waals surface area contributed by atoms with Crippen LogP contribution in [-0.4, -0.2) is 19.2 Å². The Morgan fingerprint density at radius 2 is 1.96 bits per heavy atom. The Balaban J connectivity index is 1.74. The van der Waals surface area contributed by atoms with Crippen molar-refractivity contribution in [3.05, 3.63) is 64.0 Å². The number of methoxy groups -OCH3 is 1. The first-order valence-electron chi connectivity index (χ1n) is 7.56. The molecule has 0 aliphatic rings. The van der Waals surface area contributed by atoms with Gasteiger partial charge in [-0.2, -0.15) is 5.10 Å². The fraction of sp³-hybridized carbons (Fsp3) is 0.158. The van der Waals surface area contributed by atoms with Gasteiger partial charge in [0.2, 0.25) is 0 Å². The van der Waals surface area contributed by atoms with E-state index >= 15 is 0 Å². The molecule has 0 radical (unpaired) electrons. The number of hydrazone groups is 1. The number of nitrogens with zero attached hydrogens (tertiary/aromatic N) is 1. The highest BCUT2D eigenvalue weighted by molar-refractivity contribution is 7.20. The molecule has 3 aromatic rings. The topological polar surface area (TPSA) is 50.7 Å². The average molecular weight is 338 g/mol. The van der Waals surface area contributed by atoms with Crippen LogP contribution in [0.15, 0.2) is 47.6 Å². The molecule has 0 saturated heterocycles. The van der Waals surface area contributed by atoms with E-state index in [0.717, 1.165) is 32.5 Å². The van der Waals surface area contributed by atoms with E-state index in [-0.39, 0.29) is 5.91 Å². The molecule has 4 nitrogen and oxygen atoms in total. The third-order valence-electron chi connectivity index (χ3n) is 4.02. The Morgan fingerprint density at radius 1 is 1.17 bits per heavy atom. The molecule has 0 bridgehead atoms. The summed E-state index contributed by atoms with van der Waals surface area (Å²) >= 11 is 1.46.